The monoisotopic (exact) mass is 338 g/mol. The molecule has 2 aromatic rings. The summed E-state index contributed by atoms with van der Waals surface area (Å²) in [7, 11) is 1.77. The van der Waals surface area contributed by atoms with Crippen molar-refractivity contribution >= 4 is 9.84 Å². The third-order valence-corrected chi connectivity index (χ3v) is 5.11. The molecular weight excluding hydrogens is 320 g/mol. The van der Waals surface area contributed by atoms with Crippen molar-refractivity contribution in [3.63, 3.8) is 0 Å². The van der Waals surface area contributed by atoms with Crippen LogP contribution in [-0.4, -0.2) is 36.9 Å². The molecule has 0 aliphatic rings. The molecule has 0 amide bonds. The van der Waals surface area contributed by atoms with Crippen molar-refractivity contribution in [2.45, 2.75) is 9.79 Å². The summed E-state index contributed by atoms with van der Waals surface area (Å²) in [6.07, 6.45) is 0. The van der Waals surface area contributed by atoms with Crippen LogP contribution in [0.5, 0.6) is 23.0 Å². The van der Waals surface area contributed by atoms with Crippen LogP contribution >= 0.6 is 0 Å². The Hall–Kier alpha value is -2.41. The maximum atomic E-state index is 13.1. The van der Waals surface area contributed by atoms with E-state index in [0.29, 0.717) is 11.5 Å². The maximum Gasteiger partial charge on any atom is 0.214 e. The number of sulfone groups is 1. The summed E-state index contributed by atoms with van der Waals surface area (Å²) in [5.41, 5.74) is 0. The average Bonchev–Trinajstić information content (AvgIpc) is 2.59. The molecule has 124 valence electrons. The highest BCUT2D eigenvalue weighted by Crippen LogP contribution is 2.41. The van der Waals surface area contributed by atoms with Gasteiger partial charge in [-0.25, -0.2) is 8.42 Å². The van der Waals surface area contributed by atoms with E-state index in [9.17, 15) is 8.42 Å². The minimum absolute atomic E-state index is 0.00842. The first kappa shape index (κ1) is 17.0. The number of benzene rings is 2. The zero-order chi connectivity index (χ0) is 17.0. The van der Waals surface area contributed by atoms with Gasteiger partial charge < -0.3 is 18.9 Å². The summed E-state index contributed by atoms with van der Waals surface area (Å²) in [5, 5.41) is 0. The molecule has 0 aliphatic carbocycles. The first-order chi connectivity index (χ1) is 11.0. The van der Waals surface area contributed by atoms with Crippen molar-refractivity contribution in [3.05, 3.63) is 36.4 Å². The molecule has 0 unspecified atom stereocenters. The summed E-state index contributed by atoms with van der Waals surface area (Å²) in [5.74, 6) is 0.936. The Labute approximate surface area is 135 Å². The predicted molar refractivity (Wildman–Crippen MR) is 84.5 cm³/mol. The number of hydrogen-bond acceptors (Lipinski definition) is 6. The predicted octanol–water partition coefficient (Wildman–Crippen LogP) is 2.55. The van der Waals surface area contributed by atoms with Crippen LogP contribution in [0.1, 0.15) is 0 Å². The number of hydrogen-bond donors (Lipinski definition) is 0. The summed E-state index contributed by atoms with van der Waals surface area (Å²) in [4.78, 5) is -0.0168. The molecule has 6 nitrogen and oxygen atoms in total. The van der Waals surface area contributed by atoms with Crippen molar-refractivity contribution in [1.29, 1.82) is 0 Å². The van der Waals surface area contributed by atoms with Crippen LogP contribution in [0.2, 0.25) is 0 Å². The topological polar surface area (TPSA) is 71.1 Å². The van der Waals surface area contributed by atoms with Crippen LogP contribution in [0.15, 0.2) is 46.2 Å². The molecule has 0 aromatic heterocycles. The van der Waals surface area contributed by atoms with Gasteiger partial charge >= 0.3 is 0 Å². The van der Waals surface area contributed by atoms with Crippen molar-refractivity contribution in [2.75, 3.05) is 28.4 Å². The fourth-order valence-corrected chi connectivity index (χ4v) is 3.87. The van der Waals surface area contributed by atoms with E-state index in [2.05, 4.69) is 0 Å². The van der Waals surface area contributed by atoms with Crippen molar-refractivity contribution in [3.8, 4) is 23.0 Å². The first-order valence-corrected chi connectivity index (χ1v) is 8.16. The molecule has 0 fully saturated rings. The second kappa shape index (κ2) is 6.78. The van der Waals surface area contributed by atoms with Gasteiger partial charge in [0.1, 0.15) is 9.79 Å². The minimum atomic E-state index is -3.90. The van der Waals surface area contributed by atoms with E-state index in [0.717, 1.165) is 0 Å². The van der Waals surface area contributed by atoms with E-state index in [-0.39, 0.29) is 21.3 Å². The highest BCUT2D eigenvalue weighted by atomic mass is 32.2. The van der Waals surface area contributed by atoms with Gasteiger partial charge in [0, 0.05) is 0 Å². The lowest BCUT2D eigenvalue weighted by atomic mass is 10.3. The Balaban J connectivity index is 2.74. The van der Waals surface area contributed by atoms with Gasteiger partial charge in [-0.15, -0.1) is 0 Å². The van der Waals surface area contributed by atoms with Gasteiger partial charge in [0.05, 0.1) is 28.4 Å². The van der Waals surface area contributed by atoms with E-state index in [1.54, 1.807) is 24.3 Å². The largest absolute Gasteiger partial charge is 0.493 e. The summed E-state index contributed by atoms with van der Waals surface area (Å²) in [6, 6.07) is 9.33. The zero-order valence-corrected chi connectivity index (χ0v) is 14.1. The van der Waals surface area contributed by atoms with E-state index in [4.69, 9.17) is 18.9 Å². The lowest BCUT2D eigenvalue weighted by Crippen LogP contribution is -2.08. The maximum absolute atomic E-state index is 13.1. The molecule has 0 spiro atoms. The van der Waals surface area contributed by atoms with Gasteiger partial charge in [0.2, 0.25) is 9.84 Å². The molecule has 0 atom stereocenters. The van der Waals surface area contributed by atoms with Gasteiger partial charge in [-0.1, -0.05) is 12.1 Å². The average molecular weight is 338 g/mol. The third-order valence-electron chi connectivity index (χ3n) is 3.31. The molecule has 0 bridgehead atoms. The lowest BCUT2D eigenvalue weighted by Gasteiger charge is -2.16. The van der Waals surface area contributed by atoms with Crippen LogP contribution < -0.4 is 18.9 Å². The Morgan fingerprint density at radius 3 is 1.35 bits per heavy atom. The van der Waals surface area contributed by atoms with E-state index < -0.39 is 9.84 Å². The molecule has 2 rings (SSSR count). The molecule has 0 saturated carbocycles. The van der Waals surface area contributed by atoms with Crippen LogP contribution in [0.4, 0.5) is 0 Å². The van der Waals surface area contributed by atoms with Gasteiger partial charge in [-0.3, -0.25) is 0 Å². The lowest BCUT2D eigenvalue weighted by molar-refractivity contribution is 0.344. The standard InChI is InChI=1S/C16H18O6S/c1-19-11-7-5-9-13(15(11)21-3)23(17,18)14-10-6-8-12(20-2)16(14)22-4/h5-10H,1-4H3. The molecule has 7 heteroatoms. The van der Waals surface area contributed by atoms with Crippen molar-refractivity contribution in [1.82, 2.24) is 0 Å². The summed E-state index contributed by atoms with van der Waals surface area (Å²) >= 11 is 0. The van der Waals surface area contributed by atoms with E-state index >= 15 is 0 Å². The van der Waals surface area contributed by atoms with Gasteiger partial charge in [0.25, 0.3) is 0 Å². The minimum Gasteiger partial charge on any atom is -0.493 e. The third kappa shape index (κ3) is 2.92. The first-order valence-electron chi connectivity index (χ1n) is 6.68. The zero-order valence-electron chi connectivity index (χ0n) is 13.3. The Morgan fingerprint density at radius 1 is 0.652 bits per heavy atom. The van der Waals surface area contributed by atoms with Gasteiger partial charge in [-0.05, 0) is 24.3 Å². The Bertz CT molecular complexity index is 737. The smallest absolute Gasteiger partial charge is 0.214 e. The number of methoxy groups -OCH3 is 4. The summed E-state index contributed by atoms with van der Waals surface area (Å²) < 4.78 is 46.9. The highest BCUT2D eigenvalue weighted by molar-refractivity contribution is 7.91. The Kier molecular flexibility index (Phi) is 5.00. The van der Waals surface area contributed by atoms with Gasteiger partial charge in [-0.2, -0.15) is 0 Å². The van der Waals surface area contributed by atoms with E-state index in [1.807, 2.05) is 0 Å². The molecule has 0 N–H and O–H groups in total. The fraction of sp³-hybridized carbons (Fsp3) is 0.250. The van der Waals surface area contributed by atoms with Crippen LogP contribution in [-0.2, 0) is 9.84 Å². The van der Waals surface area contributed by atoms with Crippen LogP contribution in [0, 0.1) is 0 Å². The highest BCUT2D eigenvalue weighted by Gasteiger charge is 2.29. The van der Waals surface area contributed by atoms with Crippen LogP contribution in [0.3, 0.4) is 0 Å². The quantitative estimate of drug-likeness (QED) is 0.806. The SMILES string of the molecule is COc1cccc(S(=O)(=O)c2cccc(OC)c2OC)c1OC. The molecule has 0 heterocycles. The number of ether oxygens (including phenoxy) is 4. The fourth-order valence-electron chi connectivity index (χ4n) is 2.26. The second-order valence-corrected chi connectivity index (χ2v) is 6.37. The number of rotatable bonds is 6. The molecule has 0 saturated heterocycles. The van der Waals surface area contributed by atoms with Crippen molar-refractivity contribution in [2.24, 2.45) is 0 Å². The van der Waals surface area contributed by atoms with Crippen LogP contribution in [0.25, 0.3) is 0 Å². The normalized spacial score (nSPS) is 11.0. The molecular formula is C16H18O6S. The van der Waals surface area contributed by atoms with Crippen molar-refractivity contribution < 1.29 is 27.4 Å². The molecule has 0 radical (unpaired) electrons. The molecule has 2 aromatic carbocycles. The van der Waals surface area contributed by atoms with Gasteiger partial charge in [0.15, 0.2) is 23.0 Å². The Morgan fingerprint density at radius 2 is 1.04 bits per heavy atom. The second-order valence-electron chi connectivity index (χ2n) is 4.49. The molecule has 23 heavy (non-hydrogen) atoms. The number of para-hydroxylation sites is 2. The van der Waals surface area contributed by atoms with E-state index in [1.165, 1.54) is 40.6 Å². The molecule has 0 aliphatic heterocycles. The summed E-state index contributed by atoms with van der Waals surface area (Å²) in [6.45, 7) is 0.